The highest BCUT2D eigenvalue weighted by molar-refractivity contribution is 6.56. The molecule has 0 aliphatic rings. The van der Waals surface area contributed by atoms with Gasteiger partial charge in [0.1, 0.15) is 0 Å². The van der Waals surface area contributed by atoms with Crippen molar-refractivity contribution in [2.24, 2.45) is 0 Å². The van der Waals surface area contributed by atoms with Crippen molar-refractivity contribution in [3.05, 3.63) is 60.7 Å². The van der Waals surface area contributed by atoms with E-state index in [1.165, 1.54) is 0 Å². The van der Waals surface area contributed by atoms with Crippen molar-refractivity contribution < 1.29 is 10.0 Å². The maximum Gasteiger partial charge on any atom is 0.528 e. The highest BCUT2D eigenvalue weighted by Gasteiger charge is 2.19. The Kier molecular flexibility index (Phi) is 5.97. The summed E-state index contributed by atoms with van der Waals surface area (Å²) in [6, 6.07) is 18.7. The summed E-state index contributed by atoms with van der Waals surface area (Å²) in [6.07, 6.45) is 0. The molecule has 3 aromatic rings. The number of hydrogen-bond acceptors (Lipinski definition) is 5. The van der Waals surface area contributed by atoms with Crippen LogP contribution >= 0.6 is 0 Å². The summed E-state index contributed by atoms with van der Waals surface area (Å²) >= 11 is 0. The van der Waals surface area contributed by atoms with Gasteiger partial charge in [0.05, 0.1) is 0 Å². The molecule has 0 unspecified atom stereocenters. The molecule has 2 aromatic carbocycles. The van der Waals surface area contributed by atoms with Gasteiger partial charge in [0, 0.05) is 11.1 Å². The van der Waals surface area contributed by atoms with Gasteiger partial charge in [-0.15, -0.1) is 0 Å². The molecule has 0 bridgehead atoms. The third kappa shape index (κ3) is 4.22. The predicted octanol–water partition coefficient (Wildman–Crippen LogP) is 1.91. The average Bonchev–Trinajstić information content (AvgIpc) is 2.64. The van der Waals surface area contributed by atoms with Crippen LogP contribution in [0.3, 0.4) is 0 Å². The minimum absolute atomic E-state index is 0.0669. The molecule has 0 aliphatic heterocycles. The van der Waals surface area contributed by atoms with Gasteiger partial charge in [-0.3, -0.25) is 0 Å². The molecule has 0 spiro atoms. The Bertz CT molecular complexity index is 680. The average molecular weight is 307 g/mol. The Labute approximate surface area is 135 Å². The van der Waals surface area contributed by atoms with Crippen LogP contribution in [-0.4, -0.2) is 32.1 Å². The van der Waals surface area contributed by atoms with Crippen molar-refractivity contribution >= 4 is 12.8 Å². The summed E-state index contributed by atoms with van der Waals surface area (Å²) in [5, 5.41) is 18.7. The molecule has 23 heavy (non-hydrogen) atoms. The molecule has 0 atom stereocenters. The Morgan fingerprint density at radius 2 is 1.04 bits per heavy atom. The molecular weight excluding hydrogens is 289 g/mol. The van der Waals surface area contributed by atoms with E-state index >= 15 is 0 Å². The lowest BCUT2D eigenvalue weighted by Gasteiger charge is -2.07. The standard InChI is InChI=1S/C15H12BN3O2.C2H6/c20-16(21)15-18-13(11-7-3-1-4-8-11)17-14(19-15)12-9-5-2-6-10-12;1-2/h1-10,20-21H;1-2H3. The molecule has 0 amide bonds. The van der Waals surface area contributed by atoms with Crippen LogP contribution in [0.15, 0.2) is 60.7 Å². The van der Waals surface area contributed by atoms with E-state index in [9.17, 15) is 10.0 Å². The lowest BCUT2D eigenvalue weighted by molar-refractivity contribution is 0.422. The second kappa shape index (κ2) is 8.17. The van der Waals surface area contributed by atoms with E-state index in [-0.39, 0.29) is 5.72 Å². The van der Waals surface area contributed by atoms with Gasteiger partial charge >= 0.3 is 7.12 Å². The zero-order valence-corrected chi connectivity index (χ0v) is 13.1. The quantitative estimate of drug-likeness (QED) is 0.723. The minimum Gasteiger partial charge on any atom is -0.421 e. The first-order valence-electron chi connectivity index (χ1n) is 7.47. The molecule has 1 aromatic heterocycles. The van der Waals surface area contributed by atoms with Crippen molar-refractivity contribution in [2.75, 3.05) is 0 Å². The van der Waals surface area contributed by atoms with Gasteiger partial charge in [-0.05, 0) is 0 Å². The van der Waals surface area contributed by atoms with Gasteiger partial charge in [0.2, 0.25) is 0 Å². The van der Waals surface area contributed by atoms with Crippen molar-refractivity contribution in [1.29, 1.82) is 0 Å². The van der Waals surface area contributed by atoms with Crippen LogP contribution in [0.2, 0.25) is 0 Å². The summed E-state index contributed by atoms with van der Waals surface area (Å²) in [7, 11) is -1.74. The molecular formula is C17H18BN3O2. The van der Waals surface area contributed by atoms with Gasteiger partial charge in [0.25, 0.3) is 0 Å². The maximum atomic E-state index is 9.37. The van der Waals surface area contributed by atoms with Gasteiger partial charge in [0.15, 0.2) is 17.4 Å². The van der Waals surface area contributed by atoms with Crippen LogP contribution in [0.5, 0.6) is 0 Å². The summed E-state index contributed by atoms with van der Waals surface area (Å²) in [4.78, 5) is 12.6. The number of aromatic nitrogens is 3. The van der Waals surface area contributed by atoms with Gasteiger partial charge in [-0.1, -0.05) is 74.5 Å². The number of benzene rings is 2. The lowest BCUT2D eigenvalue weighted by Crippen LogP contribution is -2.36. The fraction of sp³-hybridized carbons (Fsp3) is 0.118. The molecule has 1 heterocycles. The molecule has 0 aliphatic carbocycles. The number of rotatable bonds is 3. The van der Waals surface area contributed by atoms with Crippen LogP contribution in [-0.2, 0) is 0 Å². The highest BCUT2D eigenvalue weighted by Crippen LogP contribution is 2.17. The molecule has 0 fully saturated rings. The monoisotopic (exact) mass is 307 g/mol. The third-order valence-corrected chi connectivity index (χ3v) is 2.95. The fourth-order valence-corrected chi connectivity index (χ4v) is 1.94. The van der Waals surface area contributed by atoms with Crippen LogP contribution < -0.4 is 5.72 Å². The smallest absolute Gasteiger partial charge is 0.421 e. The predicted molar refractivity (Wildman–Crippen MR) is 91.9 cm³/mol. The SMILES string of the molecule is CC.OB(O)c1nc(-c2ccccc2)nc(-c2ccccc2)n1. The van der Waals surface area contributed by atoms with Crippen LogP contribution in [0.4, 0.5) is 0 Å². The van der Waals surface area contributed by atoms with E-state index in [2.05, 4.69) is 15.0 Å². The largest absolute Gasteiger partial charge is 0.528 e. The Balaban J connectivity index is 0.000000924. The van der Waals surface area contributed by atoms with E-state index < -0.39 is 7.12 Å². The first kappa shape index (κ1) is 16.8. The Morgan fingerprint density at radius 1 is 0.652 bits per heavy atom. The van der Waals surface area contributed by atoms with E-state index in [0.29, 0.717) is 11.6 Å². The molecule has 0 saturated heterocycles. The van der Waals surface area contributed by atoms with E-state index in [0.717, 1.165) is 11.1 Å². The van der Waals surface area contributed by atoms with Crippen molar-refractivity contribution in [2.45, 2.75) is 13.8 Å². The highest BCUT2D eigenvalue weighted by atomic mass is 16.4. The molecule has 0 radical (unpaired) electrons. The Hall–Kier alpha value is -2.57. The maximum absolute atomic E-state index is 9.37. The summed E-state index contributed by atoms with van der Waals surface area (Å²) in [5.74, 6) is 0.820. The van der Waals surface area contributed by atoms with E-state index in [1.807, 2.05) is 74.5 Å². The normalized spacial score (nSPS) is 9.74. The fourth-order valence-electron chi connectivity index (χ4n) is 1.94. The first-order chi connectivity index (χ1) is 11.2. The summed E-state index contributed by atoms with van der Waals surface area (Å²) in [5.41, 5.74) is 1.51. The molecule has 2 N–H and O–H groups in total. The summed E-state index contributed by atoms with van der Waals surface area (Å²) in [6.45, 7) is 4.00. The molecule has 0 saturated carbocycles. The van der Waals surface area contributed by atoms with Gasteiger partial charge < -0.3 is 10.0 Å². The van der Waals surface area contributed by atoms with Crippen molar-refractivity contribution in [3.8, 4) is 22.8 Å². The van der Waals surface area contributed by atoms with Gasteiger partial charge in [-0.2, -0.15) is 0 Å². The van der Waals surface area contributed by atoms with E-state index in [4.69, 9.17) is 0 Å². The van der Waals surface area contributed by atoms with Crippen molar-refractivity contribution in [3.63, 3.8) is 0 Å². The van der Waals surface area contributed by atoms with Crippen LogP contribution in [0.25, 0.3) is 22.8 Å². The van der Waals surface area contributed by atoms with Gasteiger partial charge in [-0.25, -0.2) is 15.0 Å². The van der Waals surface area contributed by atoms with Crippen LogP contribution in [0, 0.1) is 0 Å². The second-order valence-corrected chi connectivity index (χ2v) is 4.45. The third-order valence-electron chi connectivity index (χ3n) is 2.95. The molecule has 6 heteroatoms. The van der Waals surface area contributed by atoms with Crippen molar-refractivity contribution in [1.82, 2.24) is 15.0 Å². The topological polar surface area (TPSA) is 79.1 Å². The molecule has 5 nitrogen and oxygen atoms in total. The minimum atomic E-state index is -1.74. The molecule has 3 rings (SSSR count). The lowest BCUT2D eigenvalue weighted by atomic mass is 9.90. The second-order valence-electron chi connectivity index (χ2n) is 4.45. The Morgan fingerprint density at radius 3 is 1.39 bits per heavy atom. The zero-order chi connectivity index (χ0) is 16.7. The molecule has 116 valence electrons. The first-order valence-corrected chi connectivity index (χ1v) is 7.47. The zero-order valence-electron chi connectivity index (χ0n) is 13.1. The number of hydrogen-bond donors (Lipinski definition) is 2. The van der Waals surface area contributed by atoms with Crippen LogP contribution in [0.1, 0.15) is 13.8 Å². The van der Waals surface area contributed by atoms with E-state index in [1.54, 1.807) is 0 Å². The summed E-state index contributed by atoms with van der Waals surface area (Å²) < 4.78 is 0. The number of nitrogens with zero attached hydrogens (tertiary/aromatic N) is 3.